The summed E-state index contributed by atoms with van der Waals surface area (Å²) in [5, 5.41) is 0. The fourth-order valence-corrected chi connectivity index (χ4v) is 4.97. The summed E-state index contributed by atoms with van der Waals surface area (Å²) < 4.78 is 8.88. The van der Waals surface area contributed by atoms with E-state index in [0.717, 1.165) is 0 Å². The van der Waals surface area contributed by atoms with Crippen LogP contribution in [0.2, 0.25) is 18.1 Å². The summed E-state index contributed by atoms with van der Waals surface area (Å²) in [6, 6.07) is 4.75. The summed E-state index contributed by atoms with van der Waals surface area (Å²) in [5.74, 6) is 0. The third-order valence-corrected chi connectivity index (χ3v) is 5.83. The van der Waals surface area contributed by atoms with Gasteiger partial charge in [0.2, 0.25) is 0 Å². The molecule has 3 N–H and O–H groups in total. The van der Waals surface area contributed by atoms with Crippen LogP contribution in [-0.2, 0) is 4.57 Å². The highest BCUT2D eigenvalue weighted by atomic mass is 31.2. The van der Waals surface area contributed by atoms with Crippen molar-refractivity contribution in [2.45, 2.75) is 77.4 Å². The van der Waals surface area contributed by atoms with E-state index in [0.29, 0.717) is 0 Å². The molecule has 1 radical (unpaired) electrons. The maximum Gasteiger partial charge on any atom is 0.466 e. The van der Waals surface area contributed by atoms with E-state index in [2.05, 4.69) is 20.8 Å². The van der Waals surface area contributed by atoms with Gasteiger partial charge in [0.25, 0.3) is 0 Å². The van der Waals surface area contributed by atoms with E-state index < -0.39 is 7.82 Å². The molecular weight excluding hydrogens is 267 g/mol. The van der Waals surface area contributed by atoms with Crippen LogP contribution >= 0.6 is 7.82 Å². The zero-order valence-corrected chi connectivity index (χ0v) is 14.0. The van der Waals surface area contributed by atoms with Crippen LogP contribution in [0.15, 0.2) is 0 Å². The molecule has 0 atom stereocenters. The van der Waals surface area contributed by atoms with E-state index in [1.807, 2.05) is 0 Å². The molecule has 0 bridgehead atoms. The van der Waals surface area contributed by atoms with Gasteiger partial charge in [-0.15, -0.1) is 0 Å². The van der Waals surface area contributed by atoms with Gasteiger partial charge in [-0.25, -0.2) is 4.57 Å². The second-order valence-corrected chi connectivity index (χ2v) is 8.60. The Hall–Kier alpha value is 0.327. The smallest absolute Gasteiger partial charge is 0.303 e. The lowest BCUT2D eigenvalue weighted by Gasteiger charge is -2.13. The van der Waals surface area contributed by atoms with Crippen molar-refractivity contribution in [2.75, 3.05) is 0 Å². The molecule has 0 saturated carbocycles. The zero-order chi connectivity index (χ0) is 14.4. The van der Waals surface area contributed by atoms with Gasteiger partial charge >= 0.3 is 7.82 Å². The number of unbranched alkanes of at least 4 members (excludes halogenated alkanes) is 3. The molecule has 111 valence electrons. The van der Waals surface area contributed by atoms with Crippen LogP contribution in [0.4, 0.5) is 0 Å². The molecule has 0 aliphatic heterocycles. The Morgan fingerprint density at radius 2 is 1.00 bits per heavy atom. The van der Waals surface area contributed by atoms with Crippen molar-refractivity contribution >= 4 is 16.6 Å². The first-order valence-corrected chi connectivity index (χ1v) is 10.7. The Morgan fingerprint density at radius 3 is 1.17 bits per heavy atom. The predicted molar refractivity (Wildman–Crippen MR) is 79.2 cm³/mol. The minimum absolute atomic E-state index is 0.0675. The number of hydrogen-bond acceptors (Lipinski definition) is 1. The molecule has 0 spiro atoms. The summed E-state index contributed by atoms with van der Waals surface area (Å²) in [6.07, 6.45) is 8.65. The van der Waals surface area contributed by atoms with Crippen molar-refractivity contribution in [3.05, 3.63) is 0 Å². The van der Waals surface area contributed by atoms with E-state index in [1.165, 1.54) is 38.5 Å². The van der Waals surface area contributed by atoms with Crippen molar-refractivity contribution < 1.29 is 19.2 Å². The molecule has 0 aliphatic rings. The average Bonchev–Trinajstić information content (AvgIpc) is 2.26. The Bertz CT molecular complexity index is 181. The average molecular weight is 297 g/mol. The van der Waals surface area contributed by atoms with Crippen LogP contribution in [-0.4, -0.2) is 23.5 Å². The molecule has 0 aromatic carbocycles. The molecule has 4 nitrogen and oxygen atoms in total. The van der Waals surface area contributed by atoms with Crippen molar-refractivity contribution in [1.29, 1.82) is 0 Å². The molecule has 0 heterocycles. The molecule has 18 heavy (non-hydrogen) atoms. The fraction of sp³-hybridized carbons (Fsp3) is 1.00. The Morgan fingerprint density at radius 1 is 0.778 bits per heavy atom. The van der Waals surface area contributed by atoms with Crippen LogP contribution in [0.5, 0.6) is 0 Å². The van der Waals surface area contributed by atoms with Crippen LogP contribution in [0.3, 0.4) is 0 Å². The summed E-state index contributed by atoms with van der Waals surface area (Å²) in [4.78, 5) is 21.6. The highest BCUT2D eigenvalue weighted by molar-refractivity contribution is 7.45. The van der Waals surface area contributed by atoms with E-state index in [9.17, 15) is 0 Å². The van der Waals surface area contributed by atoms with Gasteiger partial charge in [0.05, 0.1) is 0 Å². The molecule has 0 aromatic heterocycles. The molecule has 0 aromatic rings. The summed E-state index contributed by atoms with van der Waals surface area (Å²) in [5.41, 5.74) is 0. The maximum absolute atomic E-state index is 8.88. The van der Waals surface area contributed by atoms with Crippen molar-refractivity contribution in [1.82, 2.24) is 0 Å². The van der Waals surface area contributed by atoms with Gasteiger partial charge in [0, 0.05) is 8.80 Å². The van der Waals surface area contributed by atoms with Crippen molar-refractivity contribution in [3.8, 4) is 0 Å². The monoisotopic (exact) mass is 297 g/mol. The van der Waals surface area contributed by atoms with Crippen LogP contribution in [0, 0.1) is 0 Å². The van der Waals surface area contributed by atoms with Gasteiger partial charge in [-0.3, -0.25) is 0 Å². The minimum Gasteiger partial charge on any atom is -0.303 e. The third kappa shape index (κ3) is 25.2. The molecular formula is C12H30O4PSi. The zero-order valence-electron chi connectivity index (χ0n) is 12.1. The van der Waals surface area contributed by atoms with Gasteiger partial charge in [-0.1, -0.05) is 77.4 Å². The highest BCUT2D eigenvalue weighted by Crippen LogP contribution is 2.25. The van der Waals surface area contributed by atoms with Gasteiger partial charge in [0.1, 0.15) is 0 Å². The highest BCUT2D eigenvalue weighted by Gasteiger charge is 2.08. The first-order valence-electron chi connectivity index (χ1n) is 6.96. The molecule has 0 saturated heterocycles. The summed E-state index contributed by atoms with van der Waals surface area (Å²) in [6.45, 7) is 6.96. The Kier molecular flexibility index (Phi) is 15.8. The lowest BCUT2D eigenvalue weighted by Crippen LogP contribution is -2.11. The standard InChI is InChI=1S/C12H27Si.H3O4P/c1-4-7-10-13(11-8-5-2)12-9-6-3;1-5(2,3)4/h4-12H2,1-3H3;(H3,1,2,3,4). The molecule has 0 rings (SSSR count). The van der Waals surface area contributed by atoms with Gasteiger partial charge in [-0.05, 0) is 0 Å². The summed E-state index contributed by atoms with van der Waals surface area (Å²) >= 11 is 0. The number of phosphoric acid groups is 1. The summed E-state index contributed by atoms with van der Waals surface area (Å²) in [7, 11) is -4.57. The van der Waals surface area contributed by atoms with Crippen LogP contribution < -0.4 is 0 Å². The first-order chi connectivity index (χ1) is 8.35. The van der Waals surface area contributed by atoms with E-state index in [-0.39, 0.29) is 8.80 Å². The third-order valence-electron chi connectivity index (χ3n) is 2.65. The Balaban J connectivity index is 0. The van der Waals surface area contributed by atoms with Crippen LogP contribution in [0.1, 0.15) is 59.3 Å². The lowest BCUT2D eigenvalue weighted by molar-refractivity contribution is 0.275. The molecule has 0 amide bonds. The van der Waals surface area contributed by atoms with Crippen LogP contribution in [0.25, 0.3) is 0 Å². The van der Waals surface area contributed by atoms with E-state index in [1.54, 1.807) is 18.1 Å². The number of rotatable bonds is 9. The van der Waals surface area contributed by atoms with E-state index >= 15 is 0 Å². The quantitative estimate of drug-likeness (QED) is 0.445. The predicted octanol–water partition coefficient (Wildman–Crippen LogP) is 3.95. The topological polar surface area (TPSA) is 77.8 Å². The largest absolute Gasteiger partial charge is 0.466 e. The second kappa shape index (κ2) is 13.8. The normalized spacial score (nSPS) is 11.3. The molecule has 6 heteroatoms. The minimum atomic E-state index is -4.64. The fourth-order valence-electron chi connectivity index (χ4n) is 1.66. The van der Waals surface area contributed by atoms with Crippen molar-refractivity contribution in [2.24, 2.45) is 0 Å². The van der Waals surface area contributed by atoms with E-state index in [4.69, 9.17) is 19.2 Å². The SMILES string of the molecule is CCCC[Si](CCCC)CCCC.O=P(O)(O)O. The van der Waals surface area contributed by atoms with Crippen molar-refractivity contribution in [3.63, 3.8) is 0 Å². The molecule has 0 fully saturated rings. The lowest BCUT2D eigenvalue weighted by atomic mass is 10.4. The maximum atomic E-state index is 8.88. The second-order valence-electron chi connectivity index (χ2n) is 4.57. The molecule has 0 aliphatic carbocycles. The Labute approximate surface area is 114 Å². The van der Waals surface area contributed by atoms with Gasteiger partial charge in [0.15, 0.2) is 0 Å². The first kappa shape index (κ1) is 20.6. The van der Waals surface area contributed by atoms with Gasteiger partial charge in [-0.2, -0.15) is 0 Å². The molecule has 0 unspecified atom stereocenters. The van der Waals surface area contributed by atoms with Gasteiger partial charge < -0.3 is 14.7 Å². The number of hydrogen-bond donors (Lipinski definition) is 3.